The van der Waals surface area contributed by atoms with Crippen LogP contribution < -0.4 is 4.90 Å². The molecule has 1 N–H and O–H groups in total. The van der Waals surface area contributed by atoms with Crippen LogP contribution in [0.1, 0.15) is 19.4 Å². The largest absolute Gasteiger partial charge is 0.478 e. The number of rotatable bonds is 5. The Morgan fingerprint density at radius 1 is 1.47 bits per heavy atom. The van der Waals surface area contributed by atoms with Gasteiger partial charge < -0.3 is 10.0 Å². The maximum absolute atomic E-state index is 10.3. The van der Waals surface area contributed by atoms with E-state index in [-0.39, 0.29) is 0 Å². The van der Waals surface area contributed by atoms with Crippen LogP contribution in [0.25, 0.3) is 6.08 Å². The van der Waals surface area contributed by atoms with Gasteiger partial charge in [-0.25, -0.2) is 14.8 Å². The zero-order valence-corrected chi connectivity index (χ0v) is 10.3. The average Bonchev–Trinajstić information content (AvgIpc) is 2.26. The molecule has 92 valence electrons. The SMILES string of the molecule is CC(C)CN(C)c1ncc(/C=C/C(=O)O)cn1. The standard InChI is InChI=1S/C12H17N3O2/c1-9(2)8-15(3)12-13-6-10(7-14-12)4-5-11(16)17/h4-7,9H,8H2,1-3H3,(H,16,17)/b5-4+. The third kappa shape index (κ3) is 4.63. The van der Waals surface area contributed by atoms with Crippen molar-refractivity contribution in [1.29, 1.82) is 0 Å². The Kier molecular flexibility index (Phi) is 4.63. The molecule has 0 aliphatic heterocycles. The molecule has 1 aromatic heterocycles. The van der Waals surface area contributed by atoms with E-state index in [2.05, 4.69) is 23.8 Å². The van der Waals surface area contributed by atoms with E-state index in [1.54, 1.807) is 12.4 Å². The summed E-state index contributed by atoms with van der Waals surface area (Å²) in [5, 5.41) is 8.48. The van der Waals surface area contributed by atoms with E-state index < -0.39 is 5.97 Å². The predicted octanol–water partition coefficient (Wildman–Crippen LogP) is 1.67. The molecule has 0 aliphatic rings. The molecule has 0 unspecified atom stereocenters. The lowest BCUT2D eigenvalue weighted by Gasteiger charge is -2.18. The molecule has 5 heteroatoms. The lowest BCUT2D eigenvalue weighted by Crippen LogP contribution is -2.24. The number of aromatic nitrogens is 2. The number of carbonyl (C=O) groups is 1. The Balaban J connectivity index is 2.70. The average molecular weight is 235 g/mol. The highest BCUT2D eigenvalue weighted by Crippen LogP contribution is 2.08. The number of nitrogens with zero attached hydrogens (tertiary/aromatic N) is 3. The Morgan fingerprint density at radius 3 is 2.53 bits per heavy atom. The molecule has 0 saturated heterocycles. The van der Waals surface area contributed by atoms with Gasteiger partial charge in [0.25, 0.3) is 0 Å². The van der Waals surface area contributed by atoms with Gasteiger partial charge in [-0.15, -0.1) is 0 Å². The molecule has 0 aromatic carbocycles. The van der Waals surface area contributed by atoms with Gasteiger partial charge in [-0.05, 0) is 12.0 Å². The van der Waals surface area contributed by atoms with Crippen molar-refractivity contribution in [1.82, 2.24) is 9.97 Å². The molecule has 1 aromatic rings. The van der Waals surface area contributed by atoms with E-state index in [0.29, 0.717) is 17.4 Å². The molecule has 0 bridgehead atoms. The van der Waals surface area contributed by atoms with Gasteiger partial charge in [0.2, 0.25) is 5.95 Å². The second-order valence-electron chi connectivity index (χ2n) is 4.26. The van der Waals surface area contributed by atoms with Crippen LogP contribution in [-0.2, 0) is 4.79 Å². The molecule has 1 heterocycles. The van der Waals surface area contributed by atoms with Crippen LogP contribution in [0.4, 0.5) is 5.95 Å². The highest BCUT2D eigenvalue weighted by Gasteiger charge is 2.05. The summed E-state index contributed by atoms with van der Waals surface area (Å²) in [6.07, 6.45) is 5.75. The van der Waals surface area contributed by atoms with Gasteiger partial charge in [0.15, 0.2) is 0 Å². The van der Waals surface area contributed by atoms with E-state index in [9.17, 15) is 4.79 Å². The molecule has 17 heavy (non-hydrogen) atoms. The van der Waals surface area contributed by atoms with Crippen LogP contribution in [0.3, 0.4) is 0 Å². The summed E-state index contributed by atoms with van der Waals surface area (Å²) in [5.41, 5.74) is 0.675. The number of anilines is 1. The van der Waals surface area contributed by atoms with Crippen molar-refractivity contribution < 1.29 is 9.90 Å². The van der Waals surface area contributed by atoms with E-state index in [4.69, 9.17) is 5.11 Å². The van der Waals surface area contributed by atoms with E-state index in [1.807, 2.05) is 11.9 Å². The third-order valence-electron chi connectivity index (χ3n) is 2.06. The molecule has 0 amide bonds. The molecule has 0 radical (unpaired) electrons. The Hall–Kier alpha value is -1.91. The van der Waals surface area contributed by atoms with E-state index in [0.717, 1.165) is 12.6 Å². The lowest BCUT2D eigenvalue weighted by molar-refractivity contribution is -0.131. The van der Waals surface area contributed by atoms with Gasteiger partial charge in [-0.2, -0.15) is 0 Å². The highest BCUT2D eigenvalue weighted by molar-refractivity contribution is 5.85. The van der Waals surface area contributed by atoms with Crippen LogP contribution in [-0.4, -0.2) is 34.6 Å². The lowest BCUT2D eigenvalue weighted by atomic mass is 10.2. The summed E-state index contributed by atoms with van der Waals surface area (Å²) in [6, 6.07) is 0. The van der Waals surface area contributed by atoms with Crippen molar-refractivity contribution >= 4 is 18.0 Å². The number of hydrogen-bond acceptors (Lipinski definition) is 4. The van der Waals surface area contributed by atoms with Crippen molar-refractivity contribution in [2.24, 2.45) is 5.92 Å². The minimum atomic E-state index is -0.981. The number of carboxylic acid groups (broad SMARTS) is 1. The normalized spacial score (nSPS) is 11.1. The van der Waals surface area contributed by atoms with Crippen LogP contribution in [0, 0.1) is 5.92 Å². The summed E-state index contributed by atoms with van der Waals surface area (Å²) in [7, 11) is 1.93. The summed E-state index contributed by atoms with van der Waals surface area (Å²) in [5.74, 6) is 0.201. The molecule has 0 fully saturated rings. The Labute approximate surface area is 101 Å². The first kappa shape index (κ1) is 13.2. The molecular weight excluding hydrogens is 218 g/mol. The van der Waals surface area contributed by atoms with Gasteiger partial charge in [0.1, 0.15) is 0 Å². The second kappa shape index (κ2) is 5.98. The maximum Gasteiger partial charge on any atom is 0.328 e. The van der Waals surface area contributed by atoms with Crippen LogP contribution >= 0.6 is 0 Å². The number of carboxylic acids is 1. The molecule has 0 saturated carbocycles. The van der Waals surface area contributed by atoms with E-state index >= 15 is 0 Å². The zero-order valence-electron chi connectivity index (χ0n) is 10.3. The smallest absolute Gasteiger partial charge is 0.328 e. The molecule has 5 nitrogen and oxygen atoms in total. The number of hydrogen-bond donors (Lipinski definition) is 1. The number of aliphatic carboxylic acids is 1. The summed E-state index contributed by atoms with van der Waals surface area (Å²) < 4.78 is 0. The summed E-state index contributed by atoms with van der Waals surface area (Å²) >= 11 is 0. The van der Waals surface area contributed by atoms with Crippen molar-refractivity contribution in [3.05, 3.63) is 24.0 Å². The van der Waals surface area contributed by atoms with E-state index in [1.165, 1.54) is 6.08 Å². The summed E-state index contributed by atoms with van der Waals surface area (Å²) in [4.78, 5) is 20.7. The maximum atomic E-state index is 10.3. The van der Waals surface area contributed by atoms with Crippen LogP contribution in [0.15, 0.2) is 18.5 Å². The quantitative estimate of drug-likeness (QED) is 0.786. The fraction of sp³-hybridized carbons (Fsp3) is 0.417. The molecule has 1 rings (SSSR count). The first-order valence-electron chi connectivity index (χ1n) is 5.43. The first-order chi connectivity index (χ1) is 7.99. The van der Waals surface area contributed by atoms with Crippen molar-refractivity contribution in [3.8, 4) is 0 Å². The van der Waals surface area contributed by atoms with Crippen LogP contribution in [0.5, 0.6) is 0 Å². The highest BCUT2D eigenvalue weighted by atomic mass is 16.4. The Morgan fingerprint density at radius 2 is 2.06 bits per heavy atom. The first-order valence-corrected chi connectivity index (χ1v) is 5.43. The van der Waals surface area contributed by atoms with Gasteiger partial charge in [0.05, 0.1) is 0 Å². The van der Waals surface area contributed by atoms with Crippen molar-refractivity contribution in [2.75, 3.05) is 18.5 Å². The minimum Gasteiger partial charge on any atom is -0.478 e. The summed E-state index contributed by atoms with van der Waals surface area (Å²) in [6.45, 7) is 5.13. The molecule has 0 atom stereocenters. The molecule has 0 spiro atoms. The van der Waals surface area contributed by atoms with Crippen LogP contribution in [0.2, 0.25) is 0 Å². The van der Waals surface area contributed by atoms with Gasteiger partial charge >= 0.3 is 5.97 Å². The molecule has 0 aliphatic carbocycles. The molecular formula is C12H17N3O2. The Bertz CT molecular complexity index is 399. The van der Waals surface area contributed by atoms with Gasteiger partial charge in [-0.3, -0.25) is 0 Å². The minimum absolute atomic E-state index is 0.537. The third-order valence-corrected chi connectivity index (χ3v) is 2.06. The van der Waals surface area contributed by atoms with Crippen molar-refractivity contribution in [2.45, 2.75) is 13.8 Å². The van der Waals surface area contributed by atoms with Crippen molar-refractivity contribution in [3.63, 3.8) is 0 Å². The second-order valence-corrected chi connectivity index (χ2v) is 4.26. The fourth-order valence-electron chi connectivity index (χ4n) is 1.41. The topological polar surface area (TPSA) is 66.3 Å². The van der Waals surface area contributed by atoms with Gasteiger partial charge in [0, 0.05) is 37.6 Å². The zero-order chi connectivity index (χ0) is 12.8. The van der Waals surface area contributed by atoms with Gasteiger partial charge in [-0.1, -0.05) is 13.8 Å². The predicted molar refractivity (Wildman–Crippen MR) is 66.8 cm³/mol. The fourth-order valence-corrected chi connectivity index (χ4v) is 1.41. The monoisotopic (exact) mass is 235 g/mol.